The summed E-state index contributed by atoms with van der Waals surface area (Å²) in [5, 5.41) is 23.9. The summed E-state index contributed by atoms with van der Waals surface area (Å²) in [4.78, 5) is 61.6. The molecule has 1 fully saturated rings. The van der Waals surface area contributed by atoms with Crippen molar-refractivity contribution in [2.75, 3.05) is 6.54 Å². The van der Waals surface area contributed by atoms with Crippen molar-refractivity contribution in [3.8, 4) is 0 Å². The number of carbonyl (C=O) groups excluding carboxylic acids is 4. The molecule has 0 aliphatic carbocycles. The Morgan fingerprint density at radius 2 is 1.77 bits per heavy atom. The first kappa shape index (κ1) is 26.3. The highest BCUT2D eigenvalue weighted by Crippen LogP contribution is 2.20. The van der Waals surface area contributed by atoms with E-state index in [-0.39, 0.29) is 18.9 Å². The second kappa shape index (κ2) is 11.6. The zero-order valence-corrected chi connectivity index (χ0v) is 18.0. The molecule has 1 heterocycles. The summed E-state index contributed by atoms with van der Waals surface area (Å²) in [6, 6.07) is -4.73. The van der Waals surface area contributed by atoms with Crippen molar-refractivity contribution in [1.29, 1.82) is 0 Å². The Kier molecular flexibility index (Phi) is 9.85. The van der Waals surface area contributed by atoms with Crippen LogP contribution in [-0.4, -0.2) is 81.5 Å². The van der Waals surface area contributed by atoms with Crippen LogP contribution in [0.5, 0.6) is 0 Å². The van der Waals surface area contributed by atoms with Gasteiger partial charge in [-0.3, -0.25) is 19.2 Å². The van der Waals surface area contributed by atoms with Gasteiger partial charge < -0.3 is 37.2 Å². The summed E-state index contributed by atoms with van der Waals surface area (Å²) >= 11 is 0. The van der Waals surface area contributed by atoms with Crippen molar-refractivity contribution < 1.29 is 34.2 Å². The van der Waals surface area contributed by atoms with Gasteiger partial charge in [0.15, 0.2) is 0 Å². The highest BCUT2D eigenvalue weighted by atomic mass is 16.4. The molecule has 1 saturated heterocycles. The summed E-state index contributed by atoms with van der Waals surface area (Å²) < 4.78 is 0. The van der Waals surface area contributed by atoms with Crippen LogP contribution in [0.25, 0.3) is 0 Å². The van der Waals surface area contributed by atoms with E-state index in [0.717, 1.165) is 0 Å². The lowest BCUT2D eigenvalue weighted by atomic mass is 9.98. The minimum Gasteiger partial charge on any atom is -0.480 e. The van der Waals surface area contributed by atoms with Gasteiger partial charge >= 0.3 is 5.97 Å². The Morgan fingerprint density at radius 1 is 1.16 bits per heavy atom. The van der Waals surface area contributed by atoms with E-state index in [1.165, 1.54) is 11.8 Å². The van der Waals surface area contributed by atoms with E-state index in [4.69, 9.17) is 11.5 Å². The second-order valence-corrected chi connectivity index (χ2v) is 7.90. The van der Waals surface area contributed by atoms with Crippen LogP contribution in [-0.2, 0) is 24.0 Å². The van der Waals surface area contributed by atoms with Crippen molar-refractivity contribution in [2.24, 2.45) is 17.4 Å². The number of nitrogens with one attached hydrogen (secondary N) is 2. The first-order valence-electron chi connectivity index (χ1n) is 10.3. The zero-order chi connectivity index (χ0) is 23.9. The van der Waals surface area contributed by atoms with Crippen molar-refractivity contribution in [1.82, 2.24) is 15.5 Å². The van der Waals surface area contributed by atoms with E-state index in [1.807, 2.05) is 6.92 Å². The monoisotopic (exact) mass is 443 g/mol. The average molecular weight is 444 g/mol. The molecule has 1 aliphatic rings. The maximum Gasteiger partial charge on any atom is 0.326 e. The lowest BCUT2D eigenvalue weighted by Crippen LogP contribution is -2.60. The minimum absolute atomic E-state index is 0.145. The summed E-state index contributed by atoms with van der Waals surface area (Å²) in [6.45, 7) is 5.16. The minimum atomic E-state index is -1.52. The number of primary amides is 1. The average Bonchev–Trinajstić information content (AvgIpc) is 3.18. The number of rotatable bonds is 11. The molecule has 12 nitrogen and oxygen atoms in total. The number of amides is 4. The highest BCUT2D eigenvalue weighted by Gasteiger charge is 2.40. The molecule has 6 atom stereocenters. The maximum atomic E-state index is 13.0. The van der Waals surface area contributed by atoms with Crippen molar-refractivity contribution >= 4 is 29.6 Å². The molecule has 0 spiro atoms. The Morgan fingerprint density at radius 3 is 2.26 bits per heavy atom. The van der Waals surface area contributed by atoms with Gasteiger partial charge in [0.2, 0.25) is 23.6 Å². The molecule has 176 valence electrons. The fourth-order valence-electron chi connectivity index (χ4n) is 3.30. The van der Waals surface area contributed by atoms with Crippen LogP contribution < -0.4 is 22.1 Å². The molecule has 6 unspecified atom stereocenters. The van der Waals surface area contributed by atoms with Crippen LogP contribution >= 0.6 is 0 Å². The number of aliphatic hydroxyl groups excluding tert-OH is 1. The third-order valence-corrected chi connectivity index (χ3v) is 5.46. The molecule has 0 bridgehead atoms. The Hall–Kier alpha value is -2.73. The summed E-state index contributed by atoms with van der Waals surface area (Å²) in [7, 11) is 0. The second-order valence-electron chi connectivity index (χ2n) is 7.90. The molecule has 0 radical (unpaired) electrons. The van der Waals surface area contributed by atoms with Gasteiger partial charge in [-0.1, -0.05) is 20.3 Å². The first-order valence-corrected chi connectivity index (χ1v) is 10.3. The molecule has 31 heavy (non-hydrogen) atoms. The third-order valence-electron chi connectivity index (χ3n) is 5.46. The van der Waals surface area contributed by atoms with Crippen molar-refractivity contribution in [2.45, 2.75) is 76.7 Å². The number of aliphatic carboxylic acids is 1. The lowest BCUT2D eigenvalue weighted by molar-refractivity contribution is -0.146. The summed E-state index contributed by atoms with van der Waals surface area (Å²) in [5.41, 5.74) is 10.9. The number of nitrogens with zero attached hydrogens (tertiary/aromatic N) is 1. The van der Waals surface area contributed by atoms with E-state index in [9.17, 15) is 34.2 Å². The fourth-order valence-corrected chi connectivity index (χ4v) is 3.30. The van der Waals surface area contributed by atoms with Crippen LogP contribution in [0.4, 0.5) is 0 Å². The molecular formula is C19H33N5O7. The van der Waals surface area contributed by atoms with Crippen LogP contribution in [0, 0.1) is 5.92 Å². The highest BCUT2D eigenvalue weighted by molar-refractivity contribution is 5.95. The van der Waals surface area contributed by atoms with E-state index in [2.05, 4.69) is 10.6 Å². The van der Waals surface area contributed by atoms with Crippen LogP contribution in [0.15, 0.2) is 0 Å². The topological polar surface area (TPSA) is 205 Å². The largest absolute Gasteiger partial charge is 0.480 e. The molecule has 0 aromatic carbocycles. The van der Waals surface area contributed by atoms with Crippen LogP contribution in [0.1, 0.15) is 46.5 Å². The van der Waals surface area contributed by atoms with Gasteiger partial charge in [0.1, 0.15) is 18.1 Å². The van der Waals surface area contributed by atoms with Crippen LogP contribution in [0.2, 0.25) is 0 Å². The Balaban J connectivity index is 2.94. The SMILES string of the molecule is CCC(C)C(N)C(=O)NC(C(=O)N1CCCC1C(=O)NC(CC(N)=O)C(=O)O)C(C)O. The standard InChI is InChI=1S/C19H33N5O7/c1-4-9(2)14(21)17(28)23-15(10(3)25)18(29)24-7-5-6-12(24)16(27)22-11(19(30)31)8-13(20)26/h9-12,14-15,25H,4-8,21H2,1-3H3,(H2,20,26)(H,22,27)(H,23,28)(H,30,31). The number of hydrogen-bond acceptors (Lipinski definition) is 7. The number of carboxylic acid groups (broad SMARTS) is 1. The zero-order valence-electron chi connectivity index (χ0n) is 18.0. The lowest BCUT2D eigenvalue weighted by Gasteiger charge is -2.31. The van der Waals surface area contributed by atoms with Crippen LogP contribution in [0.3, 0.4) is 0 Å². The summed E-state index contributed by atoms with van der Waals surface area (Å²) in [6.07, 6.45) is -0.489. The molecular weight excluding hydrogens is 410 g/mol. The molecule has 0 saturated carbocycles. The first-order chi connectivity index (χ1) is 14.4. The quantitative estimate of drug-likeness (QED) is 0.203. The summed E-state index contributed by atoms with van der Waals surface area (Å²) in [5.74, 6) is -4.52. The predicted octanol–water partition coefficient (Wildman–Crippen LogP) is -2.34. The van der Waals surface area contributed by atoms with E-state index in [0.29, 0.717) is 12.8 Å². The number of nitrogens with two attached hydrogens (primary N) is 2. The van der Waals surface area contributed by atoms with Gasteiger partial charge in [-0.2, -0.15) is 0 Å². The Labute approximate surface area is 180 Å². The van der Waals surface area contributed by atoms with Gasteiger partial charge in [0, 0.05) is 6.54 Å². The van der Waals surface area contributed by atoms with Crippen molar-refractivity contribution in [3.05, 3.63) is 0 Å². The van der Waals surface area contributed by atoms with E-state index in [1.54, 1.807) is 6.92 Å². The molecule has 0 aromatic heterocycles. The molecule has 1 rings (SSSR count). The van der Waals surface area contributed by atoms with Gasteiger partial charge in [-0.25, -0.2) is 4.79 Å². The molecule has 12 heteroatoms. The smallest absolute Gasteiger partial charge is 0.326 e. The number of aliphatic hydroxyl groups is 1. The molecule has 8 N–H and O–H groups in total. The van der Waals surface area contributed by atoms with Crippen molar-refractivity contribution in [3.63, 3.8) is 0 Å². The maximum absolute atomic E-state index is 13.0. The predicted molar refractivity (Wildman–Crippen MR) is 109 cm³/mol. The molecule has 1 aliphatic heterocycles. The number of carbonyl (C=O) groups is 5. The van der Waals surface area contributed by atoms with Gasteiger partial charge in [-0.05, 0) is 25.7 Å². The van der Waals surface area contributed by atoms with Gasteiger partial charge in [0.05, 0.1) is 18.6 Å². The van der Waals surface area contributed by atoms with Gasteiger partial charge in [-0.15, -0.1) is 0 Å². The third kappa shape index (κ3) is 7.17. The molecule has 0 aromatic rings. The van der Waals surface area contributed by atoms with E-state index < -0.39 is 66.3 Å². The van der Waals surface area contributed by atoms with Gasteiger partial charge in [0.25, 0.3) is 0 Å². The number of likely N-dealkylation sites (tertiary alicyclic amines) is 1. The number of hydrogen-bond donors (Lipinski definition) is 6. The van der Waals surface area contributed by atoms with E-state index >= 15 is 0 Å². The normalized spacial score (nSPS) is 20.8. The number of carboxylic acids is 1. The molecule has 4 amide bonds. The fraction of sp³-hybridized carbons (Fsp3) is 0.737. The Bertz CT molecular complexity index is 699.